The van der Waals surface area contributed by atoms with E-state index in [0.29, 0.717) is 6.04 Å². The van der Waals surface area contributed by atoms with Gasteiger partial charge in [-0.2, -0.15) is 11.8 Å². The summed E-state index contributed by atoms with van der Waals surface area (Å²) in [6.45, 7) is 7.26. The van der Waals surface area contributed by atoms with Gasteiger partial charge in [0, 0.05) is 6.04 Å². The standard InChI is InChI=1S/C11H19NOS/c1-4-14-8-11-6-5-10(13-11)7-12-9(2)3/h5-6,9,12H,4,7-8H2,1-3H3. The molecule has 0 aliphatic rings. The van der Waals surface area contributed by atoms with Crippen LogP contribution in [0, 0.1) is 0 Å². The second-order valence-corrected chi connectivity index (χ2v) is 4.82. The molecule has 0 bridgehead atoms. The molecule has 0 fully saturated rings. The molecule has 1 aromatic rings. The summed E-state index contributed by atoms with van der Waals surface area (Å²) in [5.41, 5.74) is 0. The van der Waals surface area contributed by atoms with Gasteiger partial charge in [0.15, 0.2) is 0 Å². The predicted octanol–water partition coefficient (Wildman–Crippen LogP) is 3.03. The van der Waals surface area contributed by atoms with Crippen molar-refractivity contribution in [3.63, 3.8) is 0 Å². The van der Waals surface area contributed by atoms with E-state index in [4.69, 9.17) is 4.42 Å². The molecule has 0 aliphatic heterocycles. The van der Waals surface area contributed by atoms with Crippen LogP contribution in [0.25, 0.3) is 0 Å². The summed E-state index contributed by atoms with van der Waals surface area (Å²) in [4.78, 5) is 0. The smallest absolute Gasteiger partial charge is 0.118 e. The van der Waals surface area contributed by atoms with Crippen molar-refractivity contribution in [1.82, 2.24) is 5.32 Å². The van der Waals surface area contributed by atoms with Gasteiger partial charge >= 0.3 is 0 Å². The van der Waals surface area contributed by atoms with Crippen LogP contribution in [0.5, 0.6) is 0 Å². The van der Waals surface area contributed by atoms with E-state index >= 15 is 0 Å². The molecule has 0 radical (unpaired) electrons. The molecule has 0 spiro atoms. The van der Waals surface area contributed by atoms with Gasteiger partial charge in [-0.3, -0.25) is 0 Å². The molecule has 0 atom stereocenters. The fourth-order valence-corrected chi connectivity index (χ4v) is 1.66. The number of furan rings is 1. The molecule has 14 heavy (non-hydrogen) atoms. The molecule has 0 saturated heterocycles. The predicted molar refractivity (Wildman–Crippen MR) is 62.5 cm³/mol. The fraction of sp³-hybridized carbons (Fsp3) is 0.636. The maximum absolute atomic E-state index is 5.65. The van der Waals surface area contributed by atoms with Gasteiger partial charge < -0.3 is 9.73 Å². The van der Waals surface area contributed by atoms with Crippen molar-refractivity contribution in [2.45, 2.75) is 39.1 Å². The van der Waals surface area contributed by atoms with Gasteiger partial charge in [0.05, 0.1) is 12.3 Å². The fourth-order valence-electron chi connectivity index (χ4n) is 1.10. The SMILES string of the molecule is CCSCc1ccc(CNC(C)C)o1. The van der Waals surface area contributed by atoms with Crippen molar-refractivity contribution in [1.29, 1.82) is 0 Å². The zero-order chi connectivity index (χ0) is 10.4. The Balaban J connectivity index is 2.35. The van der Waals surface area contributed by atoms with Gasteiger partial charge in [0.2, 0.25) is 0 Å². The minimum Gasteiger partial charge on any atom is -0.464 e. The van der Waals surface area contributed by atoms with E-state index in [0.717, 1.165) is 29.6 Å². The third-order valence-electron chi connectivity index (χ3n) is 1.85. The summed E-state index contributed by atoms with van der Waals surface area (Å²) in [6, 6.07) is 4.63. The first-order valence-electron chi connectivity index (χ1n) is 5.11. The summed E-state index contributed by atoms with van der Waals surface area (Å²) in [5.74, 6) is 4.24. The highest BCUT2D eigenvalue weighted by Gasteiger charge is 2.02. The van der Waals surface area contributed by atoms with Crippen LogP contribution in [0.3, 0.4) is 0 Å². The Morgan fingerprint density at radius 3 is 2.71 bits per heavy atom. The lowest BCUT2D eigenvalue weighted by Crippen LogP contribution is -2.21. The zero-order valence-electron chi connectivity index (χ0n) is 9.17. The van der Waals surface area contributed by atoms with Gasteiger partial charge in [0.1, 0.15) is 11.5 Å². The van der Waals surface area contributed by atoms with Crippen LogP contribution in [0.1, 0.15) is 32.3 Å². The van der Waals surface area contributed by atoms with Crippen molar-refractivity contribution >= 4 is 11.8 Å². The number of thioether (sulfide) groups is 1. The molecular formula is C11H19NOS. The Hall–Kier alpha value is -0.410. The van der Waals surface area contributed by atoms with Crippen molar-refractivity contribution < 1.29 is 4.42 Å². The minimum atomic E-state index is 0.508. The normalized spacial score (nSPS) is 11.1. The van der Waals surface area contributed by atoms with Gasteiger partial charge in [-0.15, -0.1) is 0 Å². The zero-order valence-corrected chi connectivity index (χ0v) is 9.99. The van der Waals surface area contributed by atoms with Crippen molar-refractivity contribution in [3.05, 3.63) is 23.7 Å². The molecule has 1 rings (SSSR count). The van der Waals surface area contributed by atoms with E-state index in [2.05, 4.69) is 38.2 Å². The molecule has 2 nitrogen and oxygen atoms in total. The van der Waals surface area contributed by atoms with Gasteiger partial charge in [-0.05, 0) is 17.9 Å². The minimum absolute atomic E-state index is 0.508. The monoisotopic (exact) mass is 213 g/mol. The maximum atomic E-state index is 5.65. The number of hydrogen-bond donors (Lipinski definition) is 1. The molecule has 0 unspecified atom stereocenters. The summed E-state index contributed by atoms with van der Waals surface area (Å²) in [7, 11) is 0. The molecule has 0 aliphatic carbocycles. The topological polar surface area (TPSA) is 25.2 Å². The van der Waals surface area contributed by atoms with E-state index in [1.165, 1.54) is 0 Å². The lowest BCUT2D eigenvalue weighted by molar-refractivity contribution is 0.446. The van der Waals surface area contributed by atoms with Crippen LogP contribution in [-0.4, -0.2) is 11.8 Å². The quantitative estimate of drug-likeness (QED) is 0.786. The third-order valence-corrected chi connectivity index (χ3v) is 2.75. The van der Waals surface area contributed by atoms with Gasteiger partial charge in [-0.1, -0.05) is 20.8 Å². The van der Waals surface area contributed by atoms with E-state index in [1.54, 1.807) is 0 Å². The molecule has 80 valence electrons. The maximum Gasteiger partial charge on any atom is 0.118 e. The largest absolute Gasteiger partial charge is 0.464 e. The van der Waals surface area contributed by atoms with E-state index in [-0.39, 0.29) is 0 Å². The molecule has 1 N–H and O–H groups in total. The first-order valence-corrected chi connectivity index (χ1v) is 6.26. The Morgan fingerprint density at radius 1 is 1.36 bits per heavy atom. The molecule has 0 saturated carbocycles. The second kappa shape index (κ2) is 6.14. The number of hydrogen-bond acceptors (Lipinski definition) is 3. The highest BCUT2D eigenvalue weighted by molar-refractivity contribution is 7.98. The summed E-state index contributed by atoms with van der Waals surface area (Å²) in [6.07, 6.45) is 0. The molecule has 3 heteroatoms. The number of nitrogens with one attached hydrogen (secondary N) is 1. The van der Waals surface area contributed by atoms with Crippen LogP contribution in [0.15, 0.2) is 16.5 Å². The van der Waals surface area contributed by atoms with Gasteiger partial charge in [0.25, 0.3) is 0 Å². The van der Waals surface area contributed by atoms with Crippen molar-refractivity contribution in [2.24, 2.45) is 0 Å². The molecule has 1 aromatic heterocycles. The molecular weight excluding hydrogens is 194 g/mol. The Bertz CT molecular complexity index is 258. The van der Waals surface area contributed by atoms with Crippen LogP contribution in [0.2, 0.25) is 0 Å². The third kappa shape index (κ3) is 4.20. The highest BCUT2D eigenvalue weighted by atomic mass is 32.2. The van der Waals surface area contributed by atoms with E-state index in [9.17, 15) is 0 Å². The van der Waals surface area contributed by atoms with Crippen molar-refractivity contribution in [2.75, 3.05) is 5.75 Å². The van der Waals surface area contributed by atoms with Crippen LogP contribution < -0.4 is 5.32 Å². The average Bonchev–Trinajstić information content (AvgIpc) is 2.59. The Morgan fingerprint density at radius 2 is 2.07 bits per heavy atom. The van der Waals surface area contributed by atoms with Crippen LogP contribution in [0.4, 0.5) is 0 Å². The Kier molecular flexibility index (Phi) is 5.12. The van der Waals surface area contributed by atoms with E-state index < -0.39 is 0 Å². The molecule has 0 amide bonds. The van der Waals surface area contributed by atoms with Crippen LogP contribution >= 0.6 is 11.8 Å². The van der Waals surface area contributed by atoms with E-state index in [1.807, 2.05) is 11.8 Å². The molecule has 0 aromatic carbocycles. The summed E-state index contributed by atoms with van der Waals surface area (Å²) in [5, 5.41) is 3.33. The van der Waals surface area contributed by atoms with Gasteiger partial charge in [-0.25, -0.2) is 0 Å². The first-order chi connectivity index (χ1) is 6.72. The van der Waals surface area contributed by atoms with Crippen molar-refractivity contribution in [3.8, 4) is 0 Å². The lowest BCUT2D eigenvalue weighted by atomic mass is 10.3. The summed E-state index contributed by atoms with van der Waals surface area (Å²) < 4.78 is 5.65. The second-order valence-electron chi connectivity index (χ2n) is 3.54. The number of rotatable bonds is 6. The highest BCUT2D eigenvalue weighted by Crippen LogP contribution is 2.14. The lowest BCUT2D eigenvalue weighted by Gasteiger charge is -2.04. The average molecular weight is 213 g/mol. The summed E-state index contributed by atoms with van der Waals surface area (Å²) >= 11 is 1.88. The molecule has 1 heterocycles. The van der Waals surface area contributed by atoms with Crippen LogP contribution in [-0.2, 0) is 12.3 Å². The Labute approximate surface area is 90.5 Å². The first kappa shape index (κ1) is 11.7.